The first kappa shape index (κ1) is 15.9. The third-order valence-electron chi connectivity index (χ3n) is 3.77. The lowest BCUT2D eigenvalue weighted by atomic mass is 10.0. The topological polar surface area (TPSA) is 83.1 Å². The van der Waals surface area contributed by atoms with Gasteiger partial charge in [0.2, 0.25) is 5.82 Å². The van der Waals surface area contributed by atoms with E-state index < -0.39 is 0 Å². The van der Waals surface area contributed by atoms with Gasteiger partial charge in [0, 0.05) is 31.6 Å². The van der Waals surface area contributed by atoms with Gasteiger partial charge >= 0.3 is 0 Å². The SMILES string of the molecule is CCCc1nc(C(=O)NCC(C)(C)N2CCOCC2)n[nH]1. The minimum atomic E-state index is -0.227. The Kier molecular flexibility index (Phi) is 5.30. The Morgan fingerprint density at radius 1 is 1.43 bits per heavy atom. The molecule has 1 fully saturated rings. The van der Waals surface area contributed by atoms with E-state index in [2.05, 4.69) is 46.2 Å². The molecule has 1 aliphatic rings. The lowest BCUT2D eigenvalue weighted by molar-refractivity contribution is -0.00926. The summed E-state index contributed by atoms with van der Waals surface area (Å²) in [5.74, 6) is 0.751. The molecule has 0 radical (unpaired) electrons. The van der Waals surface area contributed by atoms with Gasteiger partial charge in [0.15, 0.2) is 0 Å². The number of hydrogen-bond acceptors (Lipinski definition) is 5. The van der Waals surface area contributed by atoms with Crippen LogP contribution in [0.5, 0.6) is 0 Å². The van der Waals surface area contributed by atoms with Crippen molar-refractivity contribution in [3.63, 3.8) is 0 Å². The van der Waals surface area contributed by atoms with Crippen LogP contribution in [0.1, 0.15) is 43.6 Å². The zero-order valence-corrected chi connectivity index (χ0v) is 13.1. The van der Waals surface area contributed by atoms with Crippen LogP contribution in [0.2, 0.25) is 0 Å². The van der Waals surface area contributed by atoms with E-state index in [9.17, 15) is 4.79 Å². The number of rotatable bonds is 6. The third kappa shape index (κ3) is 4.25. The van der Waals surface area contributed by atoms with Crippen LogP contribution in [0, 0.1) is 0 Å². The number of morpholine rings is 1. The van der Waals surface area contributed by atoms with Crippen molar-refractivity contribution < 1.29 is 9.53 Å². The minimum absolute atomic E-state index is 0.109. The van der Waals surface area contributed by atoms with E-state index >= 15 is 0 Å². The van der Waals surface area contributed by atoms with Crippen molar-refractivity contribution in [1.82, 2.24) is 25.4 Å². The average Bonchev–Trinajstić information content (AvgIpc) is 2.95. The normalized spacial score (nSPS) is 16.9. The van der Waals surface area contributed by atoms with E-state index in [0.29, 0.717) is 6.54 Å². The predicted octanol–water partition coefficient (Wildman–Crippen LogP) is 0.598. The molecule has 7 heteroatoms. The lowest BCUT2D eigenvalue weighted by Crippen LogP contribution is -2.55. The van der Waals surface area contributed by atoms with E-state index in [4.69, 9.17) is 4.74 Å². The smallest absolute Gasteiger partial charge is 0.291 e. The van der Waals surface area contributed by atoms with Gasteiger partial charge in [-0.15, -0.1) is 5.10 Å². The van der Waals surface area contributed by atoms with Crippen LogP contribution in [0.3, 0.4) is 0 Å². The van der Waals surface area contributed by atoms with Gasteiger partial charge in [0.1, 0.15) is 5.82 Å². The van der Waals surface area contributed by atoms with E-state index in [1.807, 2.05) is 0 Å². The molecule has 1 aromatic rings. The van der Waals surface area contributed by atoms with Gasteiger partial charge in [-0.2, -0.15) is 0 Å². The second kappa shape index (κ2) is 7.00. The fourth-order valence-corrected chi connectivity index (χ4v) is 2.40. The molecule has 1 amide bonds. The summed E-state index contributed by atoms with van der Waals surface area (Å²) >= 11 is 0. The van der Waals surface area contributed by atoms with Crippen molar-refractivity contribution >= 4 is 5.91 Å². The Balaban J connectivity index is 1.86. The zero-order valence-electron chi connectivity index (χ0n) is 13.1. The van der Waals surface area contributed by atoms with Gasteiger partial charge in [-0.3, -0.25) is 14.8 Å². The maximum atomic E-state index is 12.1. The largest absolute Gasteiger partial charge is 0.379 e. The summed E-state index contributed by atoms with van der Waals surface area (Å²) in [5.41, 5.74) is -0.109. The van der Waals surface area contributed by atoms with Gasteiger partial charge in [-0.05, 0) is 20.3 Å². The van der Waals surface area contributed by atoms with Gasteiger partial charge in [0.25, 0.3) is 5.91 Å². The van der Waals surface area contributed by atoms with Crippen LogP contribution in [0.25, 0.3) is 0 Å². The molecule has 0 spiro atoms. The summed E-state index contributed by atoms with van der Waals surface area (Å²) < 4.78 is 5.36. The molecular formula is C14H25N5O2. The molecule has 1 saturated heterocycles. The van der Waals surface area contributed by atoms with Crippen molar-refractivity contribution in [3.05, 3.63) is 11.6 Å². The van der Waals surface area contributed by atoms with Crippen LogP contribution in [0.4, 0.5) is 0 Å². The number of carbonyl (C=O) groups excluding carboxylic acids is 1. The van der Waals surface area contributed by atoms with E-state index in [1.54, 1.807) is 0 Å². The second-order valence-corrected chi connectivity index (χ2v) is 5.95. The third-order valence-corrected chi connectivity index (χ3v) is 3.77. The number of nitrogens with zero attached hydrogens (tertiary/aromatic N) is 3. The molecule has 7 nitrogen and oxygen atoms in total. The number of aryl methyl sites for hydroxylation is 1. The fourth-order valence-electron chi connectivity index (χ4n) is 2.40. The Labute approximate surface area is 125 Å². The second-order valence-electron chi connectivity index (χ2n) is 5.95. The molecule has 0 aromatic carbocycles. The van der Waals surface area contributed by atoms with Gasteiger partial charge in [0.05, 0.1) is 13.2 Å². The first-order chi connectivity index (χ1) is 10.0. The van der Waals surface area contributed by atoms with Crippen molar-refractivity contribution in [3.8, 4) is 0 Å². The molecule has 0 unspecified atom stereocenters. The number of H-pyrrole nitrogens is 1. The van der Waals surface area contributed by atoms with Crippen LogP contribution in [-0.2, 0) is 11.2 Å². The molecule has 0 saturated carbocycles. The number of aromatic nitrogens is 3. The summed E-state index contributed by atoms with van der Waals surface area (Å²) in [5, 5.41) is 9.69. The van der Waals surface area contributed by atoms with Gasteiger partial charge in [-0.1, -0.05) is 6.92 Å². The molecule has 0 aliphatic carbocycles. The number of ether oxygens (including phenoxy) is 1. The Morgan fingerprint density at radius 3 is 2.81 bits per heavy atom. The molecule has 1 aliphatic heterocycles. The molecule has 2 N–H and O–H groups in total. The number of amides is 1. The van der Waals surface area contributed by atoms with Crippen molar-refractivity contribution in [2.75, 3.05) is 32.8 Å². The quantitative estimate of drug-likeness (QED) is 0.803. The molecule has 2 rings (SSSR count). The molecule has 118 valence electrons. The molecule has 0 bridgehead atoms. The fraction of sp³-hybridized carbons (Fsp3) is 0.786. The highest BCUT2D eigenvalue weighted by Gasteiger charge is 2.29. The lowest BCUT2D eigenvalue weighted by Gasteiger charge is -2.40. The van der Waals surface area contributed by atoms with E-state index in [-0.39, 0.29) is 17.3 Å². The molecule has 0 atom stereocenters. The summed E-state index contributed by atoms with van der Waals surface area (Å²) in [4.78, 5) is 18.6. The molecular weight excluding hydrogens is 270 g/mol. The maximum Gasteiger partial charge on any atom is 0.291 e. The van der Waals surface area contributed by atoms with Crippen molar-refractivity contribution in [2.45, 2.75) is 39.2 Å². The predicted molar refractivity (Wildman–Crippen MR) is 79.2 cm³/mol. The monoisotopic (exact) mass is 295 g/mol. The number of nitrogens with one attached hydrogen (secondary N) is 2. The molecule has 21 heavy (non-hydrogen) atoms. The van der Waals surface area contributed by atoms with Crippen molar-refractivity contribution in [2.24, 2.45) is 0 Å². The summed E-state index contributed by atoms with van der Waals surface area (Å²) in [7, 11) is 0. The van der Waals surface area contributed by atoms with Gasteiger partial charge in [-0.25, -0.2) is 4.98 Å². The standard InChI is InChI=1S/C14H25N5O2/c1-4-5-11-16-12(18-17-11)13(20)15-10-14(2,3)19-6-8-21-9-7-19/h4-10H2,1-3H3,(H,15,20)(H,16,17,18). The summed E-state index contributed by atoms with van der Waals surface area (Å²) in [6.45, 7) is 10.2. The Hall–Kier alpha value is -1.47. The Morgan fingerprint density at radius 2 is 2.14 bits per heavy atom. The summed E-state index contributed by atoms with van der Waals surface area (Å²) in [6.07, 6.45) is 1.78. The number of carbonyl (C=O) groups is 1. The van der Waals surface area contributed by atoms with Crippen LogP contribution >= 0.6 is 0 Å². The van der Waals surface area contributed by atoms with E-state index in [0.717, 1.165) is 45.0 Å². The first-order valence-electron chi connectivity index (χ1n) is 7.55. The minimum Gasteiger partial charge on any atom is -0.379 e. The highest BCUT2D eigenvalue weighted by Crippen LogP contribution is 2.15. The zero-order chi connectivity index (χ0) is 15.3. The first-order valence-corrected chi connectivity index (χ1v) is 7.55. The van der Waals surface area contributed by atoms with E-state index in [1.165, 1.54) is 0 Å². The highest BCUT2D eigenvalue weighted by molar-refractivity contribution is 5.90. The molecule has 2 heterocycles. The van der Waals surface area contributed by atoms with Gasteiger partial charge < -0.3 is 10.1 Å². The average molecular weight is 295 g/mol. The van der Waals surface area contributed by atoms with Crippen molar-refractivity contribution in [1.29, 1.82) is 0 Å². The Bertz CT molecular complexity index is 466. The number of aromatic amines is 1. The number of hydrogen-bond donors (Lipinski definition) is 2. The summed E-state index contributed by atoms with van der Waals surface area (Å²) in [6, 6.07) is 0. The van der Waals surface area contributed by atoms with Crippen LogP contribution < -0.4 is 5.32 Å². The molecule has 1 aromatic heterocycles. The maximum absolute atomic E-state index is 12.1. The highest BCUT2D eigenvalue weighted by atomic mass is 16.5. The van der Waals surface area contributed by atoms with Crippen LogP contribution in [0.15, 0.2) is 0 Å². The van der Waals surface area contributed by atoms with Crippen LogP contribution in [-0.4, -0.2) is 64.4 Å².